The number of hydrogen-bond acceptors (Lipinski definition) is 8. The van der Waals surface area contributed by atoms with Gasteiger partial charge in [-0.1, -0.05) is 12.1 Å². The molecule has 27 heavy (non-hydrogen) atoms. The number of ether oxygens (including phenoxy) is 1. The third-order valence-corrected chi connectivity index (χ3v) is 3.24. The fourth-order valence-corrected chi connectivity index (χ4v) is 2.14. The topological polar surface area (TPSA) is 157 Å². The first kappa shape index (κ1) is 21.7. The van der Waals surface area contributed by atoms with E-state index in [-0.39, 0.29) is 31.9 Å². The Kier molecular flexibility index (Phi) is 8.53. The number of carbonyl (C=O) groups excluding carboxylic acids is 2. The number of hydrogen-bond donors (Lipinski definition) is 3. The average molecular weight is 380 g/mol. The zero-order chi connectivity index (χ0) is 20.4. The van der Waals surface area contributed by atoms with Gasteiger partial charge in [0.15, 0.2) is 0 Å². The number of non-ortho nitro benzene ring substituents is 1. The highest BCUT2D eigenvalue weighted by Gasteiger charge is 2.17. The van der Waals surface area contributed by atoms with Crippen molar-refractivity contribution in [3.63, 3.8) is 0 Å². The van der Waals surface area contributed by atoms with Gasteiger partial charge in [-0.05, 0) is 12.5 Å². The molecule has 0 atom stereocenters. The van der Waals surface area contributed by atoms with E-state index in [1.165, 1.54) is 28.2 Å². The second-order valence-corrected chi connectivity index (χ2v) is 5.61. The lowest BCUT2D eigenvalue weighted by Crippen LogP contribution is -2.43. The Hall–Kier alpha value is -3.34. The lowest BCUT2D eigenvalue weighted by atomic mass is 10.2. The van der Waals surface area contributed by atoms with Crippen LogP contribution in [0.3, 0.4) is 0 Å². The van der Waals surface area contributed by atoms with Crippen LogP contribution in [-0.2, 0) is 16.1 Å². The number of nitrogens with zero attached hydrogens (tertiary/aromatic N) is 3. The average Bonchev–Trinajstić information content (AvgIpc) is 2.59. The van der Waals surface area contributed by atoms with Gasteiger partial charge in [-0.2, -0.15) is 0 Å². The molecule has 0 fully saturated rings. The maximum Gasteiger partial charge on any atom is 0.325 e. The van der Waals surface area contributed by atoms with Gasteiger partial charge in [0.25, 0.3) is 5.69 Å². The predicted octanol–water partition coefficient (Wildman–Crippen LogP) is 0.275. The van der Waals surface area contributed by atoms with Crippen LogP contribution < -0.4 is 16.9 Å². The molecular weight excluding hydrogens is 356 g/mol. The summed E-state index contributed by atoms with van der Waals surface area (Å²) in [5.41, 5.74) is 6.78. The molecule has 0 aliphatic carbocycles. The van der Waals surface area contributed by atoms with Crippen LogP contribution >= 0.6 is 0 Å². The van der Waals surface area contributed by atoms with Crippen LogP contribution in [0.25, 0.3) is 0 Å². The summed E-state index contributed by atoms with van der Waals surface area (Å²) >= 11 is 0. The van der Waals surface area contributed by atoms with E-state index in [4.69, 9.17) is 16.3 Å². The Morgan fingerprint density at radius 3 is 2.48 bits per heavy atom. The number of carbonyl (C=O) groups is 2. The molecule has 1 aromatic carbocycles. The zero-order valence-electron chi connectivity index (χ0n) is 15.3. The van der Waals surface area contributed by atoms with Crippen LogP contribution in [0, 0.1) is 10.1 Å². The van der Waals surface area contributed by atoms with Crippen molar-refractivity contribution in [3.8, 4) is 0 Å². The Bertz CT molecular complexity index is 689. The SMILES string of the molecule is CCOC(=O)CNC(=O)N(C/C(N)=C/N(C)N)Cc1ccc([N+](=O)[O-])cc1. The fourth-order valence-electron chi connectivity index (χ4n) is 2.14. The van der Waals surface area contributed by atoms with Crippen molar-refractivity contribution in [1.82, 2.24) is 15.2 Å². The molecule has 0 aromatic heterocycles. The summed E-state index contributed by atoms with van der Waals surface area (Å²) in [6.07, 6.45) is 1.45. The molecule has 0 aliphatic heterocycles. The highest BCUT2D eigenvalue weighted by atomic mass is 16.6. The van der Waals surface area contributed by atoms with Crippen molar-refractivity contribution >= 4 is 17.7 Å². The van der Waals surface area contributed by atoms with Crippen LogP contribution in [-0.4, -0.2) is 53.6 Å². The Morgan fingerprint density at radius 2 is 1.96 bits per heavy atom. The van der Waals surface area contributed by atoms with Gasteiger partial charge in [-0.3, -0.25) is 14.9 Å². The standard InChI is InChI=1S/C16H24N6O5/c1-3-27-15(23)8-19-16(24)21(11-13(17)10-20(2)18)9-12-4-6-14(7-5-12)22(25)26/h4-7,10H,3,8-9,11,17-18H2,1-2H3,(H,19,24)/b13-10-. The summed E-state index contributed by atoms with van der Waals surface area (Å²) in [6, 6.07) is 5.23. The van der Waals surface area contributed by atoms with Gasteiger partial charge in [0.05, 0.1) is 18.1 Å². The molecule has 0 spiro atoms. The third-order valence-electron chi connectivity index (χ3n) is 3.24. The lowest BCUT2D eigenvalue weighted by molar-refractivity contribution is -0.384. The molecule has 2 amide bonds. The summed E-state index contributed by atoms with van der Waals surface area (Å²) < 4.78 is 4.76. The van der Waals surface area contributed by atoms with Gasteiger partial charge in [0.1, 0.15) is 6.54 Å². The van der Waals surface area contributed by atoms with Gasteiger partial charge in [-0.15, -0.1) is 0 Å². The predicted molar refractivity (Wildman–Crippen MR) is 97.8 cm³/mol. The van der Waals surface area contributed by atoms with Gasteiger partial charge < -0.3 is 25.7 Å². The number of nitrogens with one attached hydrogen (secondary N) is 1. The van der Waals surface area contributed by atoms with Crippen molar-refractivity contribution in [2.75, 3.05) is 26.7 Å². The van der Waals surface area contributed by atoms with E-state index in [1.807, 2.05) is 0 Å². The van der Waals surface area contributed by atoms with Crippen molar-refractivity contribution < 1.29 is 19.2 Å². The van der Waals surface area contributed by atoms with Crippen LogP contribution in [0.2, 0.25) is 0 Å². The molecule has 5 N–H and O–H groups in total. The van der Waals surface area contributed by atoms with Crippen molar-refractivity contribution in [3.05, 3.63) is 51.8 Å². The van der Waals surface area contributed by atoms with Crippen molar-refractivity contribution in [1.29, 1.82) is 0 Å². The Labute approximate surface area is 156 Å². The molecule has 11 nitrogen and oxygen atoms in total. The van der Waals surface area contributed by atoms with Gasteiger partial charge in [-0.25, -0.2) is 10.6 Å². The molecule has 148 valence electrons. The highest BCUT2D eigenvalue weighted by molar-refractivity contribution is 5.81. The minimum absolute atomic E-state index is 0.0349. The molecule has 0 radical (unpaired) electrons. The molecular formula is C16H24N6O5. The van der Waals surface area contributed by atoms with Gasteiger partial charge in [0, 0.05) is 37.6 Å². The molecule has 1 aromatic rings. The van der Waals surface area contributed by atoms with E-state index >= 15 is 0 Å². The van der Waals surface area contributed by atoms with E-state index in [0.29, 0.717) is 11.3 Å². The minimum Gasteiger partial charge on any atom is -0.465 e. The van der Waals surface area contributed by atoms with E-state index in [2.05, 4.69) is 5.32 Å². The summed E-state index contributed by atoms with van der Waals surface area (Å²) in [5.74, 6) is 4.94. The Balaban J connectivity index is 2.87. The van der Waals surface area contributed by atoms with Gasteiger partial charge >= 0.3 is 12.0 Å². The summed E-state index contributed by atoms with van der Waals surface area (Å²) in [6.45, 7) is 1.74. The van der Waals surface area contributed by atoms with Crippen molar-refractivity contribution in [2.45, 2.75) is 13.5 Å². The van der Waals surface area contributed by atoms with Crippen LogP contribution in [0.4, 0.5) is 10.5 Å². The number of nitrogens with two attached hydrogens (primary N) is 2. The first-order valence-corrected chi connectivity index (χ1v) is 8.08. The molecule has 0 unspecified atom stereocenters. The largest absolute Gasteiger partial charge is 0.465 e. The van der Waals surface area contributed by atoms with Crippen molar-refractivity contribution in [2.24, 2.45) is 11.6 Å². The monoisotopic (exact) mass is 380 g/mol. The smallest absolute Gasteiger partial charge is 0.325 e. The number of hydrazine groups is 1. The van der Waals surface area contributed by atoms with E-state index in [0.717, 1.165) is 0 Å². The molecule has 11 heteroatoms. The summed E-state index contributed by atoms with van der Waals surface area (Å²) in [5, 5.41) is 14.4. The maximum atomic E-state index is 12.4. The van der Waals surface area contributed by atoms with E-state index in [1.54, 1.807) is 26.1 Å². The number of nitro benzene ring substituents is 1. The second-order valence-electron chi connectivity index (χ2n) is 5.61. The number of amides is 2. The molecule has 1 rings (SSSR count). The fraction of sp³-hybridized carbons (Fsp3) is 0.375. The van der Waals surface area contributed by atoms with E-state index < -0.39 is 16.9 Å². The molecule has 0 saturated heterocycles. The normalized spacial score (nSPS) is 10.9. The number of benzene rings is 1. The minimum atomic E-state index is -0.564. The number of rotatable bonds is 9. The van der Waals surface area contributed by atoms with Crippen LogP contribution in [0.1, 0.15) is 12.5 Å². The maximum absolute atomic E-state index is 12.4. The Morgan fingerprint density at radius 1 is 1.33 bits per heavy atom. The lowest BCUT2D eigenvalue weighted by Gasteiger charge is -2.23. The molecule has 0 aliphatic rings. The van der Waals surface area contributed by atoms with Gasteiger partial charge in [0.2, 0.25) is 0 Å². The van der Waals surface area contributed by atoms with Crippen LogP contribution in [0.15, 0.2) is 36.2 Å². The number of nitro groups is 1. The van der Waals surface area contributed by atoms with Crippen LogP contribution in [0.5, 0.6) is 0 Å². The van der Waals surface area contributed by atoms with E-state index in [9.17, 15) is 19.7 Å². The first-order valence-electron chi connectivity index (χ1n) is 8.08. The zero-order valence-corrected chi connectivity index (χ0v) is 15.3. The number of urea groups is 1. The number of esters is 1. The first-order chi connectivity index (χ1) is 12.7. The third kappa shape index (κ3) is 8.05. The molecule has 0 bridgehead atoms. The highest BCUT2D eigenvalue weighted by Crippen LogP contribution is 2.14. The summed E-state index contributed by atoms with van der Waals surface area (Å²) in [4.78, 5) is 35.4. The summed E-state index contributed by atoms with van der Waals surface area (Å²) in [7, 11) is 1.58. The molecule has 0 saturated carbocycles. The molecule has 0 heterocycles. The second kappa shape index (κ2) is 10.6. The quantitative estimate of drug-likeness (QED) is 0.238.